The van der Waals surface area contributed by atoms with Crippen LogP contribution in [0.25, 0.3) is 0 Å². The lowest BCUT2D eigenvalue weighted by Crippen LogP contribution is -2.19. The molecular formula is C18H35N. The van der Waals surface area contributed by atoms with Gasteiger partial charge in [0.1, 0.15) is 0 Å². The second kappa shape index (κ2) is 15.5. The number of hydrogen-bond acceptors (Lipinski definition) is 1. The van der Waals surface area contributed by atoms with Crippen molar-refractivity contribution in [3.8, 4) is 0 Å². The normalized spacial score (nSPS) is 12.9. The molecule has 0 heterocycles. The van der Waals surface area contributed by atoms with E-state index in [1.165, 1.54) is 77.0 Å². The Morgan fingerprint density at radius 2 is 1.47 bits per heavy atom. The first kappa shape index (κ1) is 18.4. The molecule has 0 saturated carbocycles. The van der Waals surface area contributed by atoms with E-state index in [9.17, 15) is 0 Å². The number of hydrogen-bond donors (Lipinski definition) is 1. The average molecular weight is 265 g/mol. The van der Waals surface area contributed by atoms with E-state index in [-0.39, 0.29) is 0 Å². The summed E-state index contributed by atoms with van der Waals surface area (Å²) < 4.78 is 0. The van der Waals surface area contributed by atoms with E-state index < -0.39 is 0 Å². The monoisotopic (exact) mass is 265 g/mol. The maximum Gasteiger partial charge on any atom is 0.00388 e. The third kappa shape index (κ3) is 15.4. The number of allylic oxidation sites excluding steroid dienone is 3. The summed E-state index contributed by atoms with van der Waals surface area (Å²) in [6, 6.07) is 0.451. The van der Waals surface area contributed by atoms with Gasteiger partial charge in [-0.1, -0.05) is 83.1 Å². The van der Waals surface area contributed by atoms with Gasteiger partial charge in [0.25, 0.3) is 0 Å². The Hall–Kier alpha value is -0.560. The van der Waals surface area contributed by atoms with Crippen molar-refractivity contribution in [2.24, 2.45) is 5.73 Å². The molecule has 1 unspecified atom stereocenters. The number of nitrogens with two attached hydrogens (primary N) is 1. The molecule has 0 aromatic rings. The molecule has 19 heavy (non-hydrogen) atoms. The Bertz CT molecular complexity index is 208. The second-order valence-corrected chi connectivity index (χ2v) is 5.62. The van der Waals surface area contributed by atoms with E-state index >= 15 is 0 Å². The number of unbranched alkanes of at least 4 members (excludes halogenated alkanes) is 8. The van der Waals surface area contributed by atoms with Crippen molar-refractivity contribution in [3.05, 3.63) is 24.8 Å². The zero-order valence-electron chi connectivity index (χ0n) is 13.1. The molecule has 0 aliphatic carbocycles. The maximum atomic E-state index is 6.13. The van der Waals surface area contributed by atoms with Gasteiger partial charge >= 0.3 is 0 Å². The summed E-state index contributed by atoms with van der Waals surface area (Å²) in [5.41, 5.74) is 6.13. The third-order valence-corrected chi connectivity index (χ3v) is 3.65. The zero-order chi connectivity index (χ0) is 14.2. The van der Waals surface area contributed by atoms with Crippen molar-refractivity contribution in [1.29, 1.82) is 0 Å². The van der Waals surface area contributed by atoms with E-state index in [1.807, 2.05) is 12.2 Å². The highest BCUT2D eigenvalue weighted by Gasteiger charge is 2.01. The molecule has 0 aliphatic rings. The second-order valence-electron chi connectivity index (χ2n) is 5.62. The van der Waals surface area contributed by atoms with Gasteiger partial charge in [-0.3, -0.25) is 0 Å². The van der Waals surface area contributed by atoms with Crippen LogP contribution in [0.1, 0.15) is 84.0 Å². The standard InChI is InChI=1S/C18H35N/c1-3-5-7-9-10-11-12-13-15-17-18(19)16-14-8-6-4-2/h3,5,7,18H,1,4,6,8-17,19H2,2H3/b7-5-. The van der Waals surface area contributed by atoms with Crippen LogP contribution in [0.15, 0.2) is 24.8 Å². The largest absolute Gasteiger partial charge is 0.328 e. The van der Waals surface area contributed by atoms with Crippen LogP contribution in [0.3, 0.4) is 0 Å². The van der Waals surface area contributed by atoms with Gasteiger partial charge in [-0.2, -0.15) is 0 Å². The average Bonchev–Trinajstić information content (AvgIpc) is 2.42. The van der Waals surface area contributed by atoms with Gasteiger partial charge in [0.05, 0.1) is 0 Å². The Labute approximate surface area is 121 Å². The highest BCUT2D eigenvalue weighted by molar-refractivity contribution is 4.96. The van der Waals surface area contributed by atoms with Crippen LogP contribution < -0.4 is 5.73 Å². The lowest BCUT2D eigenvalue weighted by Gasteiger charge is -2.10. The quantitative estimate of drug-likeness (QED) is 0.314. The number of rotatable bonds is 14. The molecule has 2 N–H and O–H groups in total. The lowest BCUT2D eigenvalue weighted by atomic mass is 10.0. The van der Waals surface area contributed by atoms with Crippen molar-refractivity contribution in [2.45, 2.75) is 90.0 Å². The third-order valence-electron chi connectivity index (χ3n) is 3.65. The summed E-state index contributed by atoms with van der Waals surface area (Å²) in [5, 5.41) is 0. The van der Waals surface area contributed by atoms with Crippen molar-refractivity contribution in [2.75, 3.05) is 0 Å². The fourth-order valence-corrected chi connectivity index (χ4v) is 2.37. The fraction of sp³-hybridized carbons (Fsp3) is 0.778. The van der Waals surface area contributed by atoms with Gasteiger partial charge < -0.3 is 5.73 Å². The van der Waals surface area contributed by atoms with E-state index in [0.29, 0.717) is 6.04 Å². The van der Waals surface area contributed by atoms with Gasteiger partial charge in [-0.05, 0) is 25.7 Å². The first-order valence-corrected chi connectivity index (χ1v) is 8.34. The molecule has 112 valence electrons. The minimum atomic E-state index is 0.451. The van der Waals surface area contributed by atoms with Crippen molar-refractivity contribution in [3.63, 3.8) is 0 Å². The minimum Gasteiger partial charge on any atom is -0.328 e. The van der Waals surface area contributed by atoms with Crippen LogP contribution in [-0.2, 0) is 0 Å². The molecule has 0 bridgehead atoms. The SMILES string of the molecule is C=C/C=C\CCCCCCCC(N)CCCCCC. The van der Waals surface area contributed by atoms with E-state index in [1.54, 1.807) is 0 Å². The van der Waals surface area contributed by atoms with E-state index in [2.05, 4.69) is 19.6 Å². The van der Waals surface area contributed by atoms with E-state index in [4.69, 9.17) is 5.73 Å². The van der Waals surface area contributed by atoms with Gasteiger partial charge in [0, 0.05) is 6.04 Å². The van der Waals surface area contributed by atoms with Crippen LogP contribution in [0.4, 0.5) is 0 Å². The van der Waals surface area contributed by atoms with Crippen LogP contribution in [0.2, 0.25) is 0 Å². The first-order valence-electron chi connectivity index (χ1n) is 8.34. The molecular weight excluding hydrogens is 230 g/mol. The Balaban J connectivity index is 3.15. The smallest absolute Gasteiger partial charge is 0.00388 e. The maximum absolute atomic E-state index is 6.13. The Morgan fingerprint density at radius 3 is 2.11 bits per heavy atom. The van der Waals surface area contributed by atoms with Crippen molar-refractivity contribution < 1.29 is 0 Å². The molecule has 0 amide bonds. The Morgan fingerprint density at radius 1 is 0.895 bits per heavy atom. The summed E-state index contributed by atoms with van der Waals surface area (Å²) in [7, 11) is 0. The molecule has 0 aromatic heterocycles. The summed E-state index contributed by atoms with van der Waals surface area (Å²) in [6.45, 7) is 5.93. The van der Waals surface area contributed by atoms with Gasteiger partial charge in [-0.15, -0.1) is 0 Å². The highest BCUT2D eigenvalue weighted by atomic mass is 14.6. The molecule has 0 radical (unpaired) electrons. The lowest BCUT2D eigenvalue weighted by molar-refractivity contribution is 0.489. The summed E-state index contributed by atoms with van der Waals surface area (Å²) >= 11 is 0. The van der Waals surface area contributed by atoms with Crippen molar-refractivity contribution in [1.82, 2.24) is 0 Å². The summed E-state index contributed by atoms with van der Waals surface area (Å²) in [4.78, 5) is 0. The molecule has 0 saturated heterocycles. The fourth-order valence-electron chi connectivity index (χ4n) is 2.37. The molecule has 1 heteroatoms. The summed E-state index contributed by atoms with van der Waals surface area (Å²) in [5.74, 6) is 0. The van der Waals surface area contributed by atoms with Crippen LogP contribution >= 0.6 is 0 Å². The van der Waals surface area contributed by atoms with Gasteiger partial charge in [-0.25, -0.2) is 0 Å². The predicted molar refractivity (Wildman–Crippen MR) is 88.4 cm³/mol. The van der Waals surface area contributed by atoms with Crippen LogP contribution in [0, 0.1) is 0 Å². The first-order chi connectivity index (χ1) is 9.31. The molecule has 1 nitrogen and oxygen atoms in total. The van der Waals surface area contributed by atoms with Crippen LogP contribution in [0.5, 0.6) is 0 Å². The zero-order valence-corrected chi connectivity index (χ0v) is 13.1. The van der Waals surface area contributed by atoms with E-state index in [0.717, 1.165) is 0 Å². The molecule has 0 aromatic carbocycles. The molecule has 0 aliphatic heterocycles. The molecule has 0 spiro atoms. The van der Waals surface area contributed by atoms with Crippen LogP contribution in [-0.4, -0.2) is 6.04 Å². The topological polar surface area (TPSA) is 26.0 Å². The Kier molecular flexibility index (Phi) is 15.0. The molecule has 0 rings (SSSR count). The van der Waals surface area contributed by atoms with Gasteiger partial charge in [0.15, 0.2) is 0 Å². The minimum absolute atomic E-state index is 0.451. The van der Waals surface area contributed by atoms with Gasteiger partial charge in [0.2, 0.25) is 0 Å². The highest BCUT2D eigenvalue weighted by Crippen LogP contribution is 2.12. The molecule has 1 atom stereocenters. The van der Waals surface area contributed by atoms with Crippen molar-refractivity contribution >= 4 is 0 Å². The predicted octanol–water partition coefficient (Wildman–Crippen LogP) is 5.76. The molecule has 0 fully saturated rings. The summed E-state index contributed by atoms with van der Waals surface area (Å²) in [6.07, 6.45) is 21.8.